The van der Waals surface area contributed by atoms with Crippen molar-refractivity contribution in [2.24, 2.45) is 0 Å². The van der Waals surface area contributed by atoms with Crippen molar-refractivity contribution in [3.63, 3.8) is 0 Å². The zero-order chi connectivity index (χ0) is 41.9. The van der Waals surface area contributed by atoms with Gasteiger partial charge in [-0.05, 0) is 109 Å². The highest BCUT2D eigenvalue weighted by atomic mass is 32.2. The fourth-order valence-corrected chi connectivity index (χ4v) is 12.2. The number of anilines is 6. The molecule has 0 bridgehead atoms. The van der Waals surface area contributed by atoms with Crippen LogP contribution in [-0.2, 0) is 0 Å². The molecule has 9 aromatic carbocycles. The molecule has 0 saturated heterocycles. The standard InChI is InChI=1S/C56H34N6S2/c1-3-15-41-37(13-1)39-33-35(59-45-17-5-9-21-51(45)63-52-22-10-6-18-46(52)59)25-27-43(39)61(41)49-29-30-50(56-55(49)57-31-32-58-56)62-42-16-4-2-14-38(42)40-34-36(26-28-44(40)62)60-47-19-7-11-23-53(47)64-54-24-12-8-20-48(54)60/h1-34H. The van der Waals surface area contributed by atoms with Crippen LogP contribution < -0.4 is 9.80 Å². The van der Waals surface area contributed by atoms with Gasteiger partial charge < -0.3 is 18.9 Å². The fraction of sp³-hybridized carbons (Fsp3) is 0. The summed E-state index contributed by atoms with van der Waals surface area (Å²) in [6, 6.07) is 70.4. The Kier molecular flexibility index (Phi) is 7.75. The molecule has 0 atom stereocenters. The van der Waals surface area contributed by atoms with Gasteiger partial charge in [0.2, 0.25) is 0 Å². The average molecular weight is 855 g/mol. The van der Waals surface area contributed by atoms with Crippen LogP contribution in [0, 0.1) is 0 Å². The van der Waals surface area contributed by atoms with Crippen molar-refractivity contribution >= 4 is 112 Å². The fourth-order valence-electron chi connectivity index (χ4n) is 10.1. The van der Waals surface area contributed by atoms with Crippen molar-refractivity contribution in [2.45, 2.75) is 19.6 Å². The van der Waals surface area contributed by atoms with Gasteiger partial charge in [-0.2, -0.15) is 0 Å². The predicted octanol–water partition coefficient (Wildman–Crippen LogP) is 15.7. The number of rotatable bonds is 4. The van der Waals surface area contributed by atoms with Gasteiger partial charge in [0.15, 0.2) is 0 Å². The summed E-state index contributed by atoms with van der Waals surface area (Å²) < 4.78 is 4.74. The monoisotopic (exact) mass is 854 g/mol. The van der Waals surface area contributed by atoms with E-state index in [0.717, 1.165) is 55.8 Å². The lowest BCUT2D eigenvalue weighted by Gasteiger charge is -2.32. The van der Waals surface area contributed by atoms with Crippen LogP contribution in [0.2, 0.25) is 0 Å². The predicted molar refractivity (Wildman–Crippen MR) is 266 cm³/mol. The number of para-hydroxylation sites is 6. The molecule has 0 fully saturated rings. The molecule has 2 aliphatic rings. The van der Waals surface area contributed by atoms with E-state index in [1.165, 1.54) is 63.9 Å². The molecule has 64 heavy (non-hydrogen) atoms. The molecule has 2 aliphatic heterocycles. The topological polar surface area (TPSA) is 42.1 Å². The Bertz CT molecular complexity index is 3560. The summed E-state index contributed by atoms with van der Waals surface area (Å²) >= 11 is 3.66. The van der Waals surface area contributed by atoms with Gasteiger partial charge in [0.05, 0.1) is 56.2 Å². The van der Waals surface area contributed by atoms with Crippen LogP contribution >= 0.6 is 23.5 Å². The number of hydrogen-bond donors (Lipinski definition) is 0. The molecule has 0 radical (unpaired) electrons. The highest BCUT2D eigenvalue weighted by molar-refractivity contribution is 8.00. The number of hydrogen-bond acceptors (Lipinski definition) is 6. The molecule has 5 heterocycles. The number of fused-ring (bicyclic) bond motifs is 11. The number of benzene rings is 9. The summed E-state index contributed by atoms with van der Waals surface area (Å²) in [5.41, 5.74) is 15.1. The Morgan fingerprint density at radius 1 is 0.297 bits per heavy atom. The minimum absolute atomic E-state index is 0.837. The molecule has 0 aliphatic carbocycles. The Balaban J connectivity index is 0.951. The Labute approximate surface area is 376 Å². The average Bonchev–Trinajstić information content (AvgIpc) is 3.86. The number of aromatic nitrogens is 4. The molecule has 12 aromatic rings. The van der Waals surface area contributed by atoms with Gasteiger partial charge in [-0.15, -0.1) is 0 Å². The van der Waals surface area contributed by atoms with Gasteiger partial charge >= 0.3 is 0 Å². The Hall–Kier alpha value is -7.78. The third kappa shape index (κ3) is 5.18. The first-order valence-electron chi connectivity index (χ1n) is 21.4. The van der Waals surface area contributed by atoms with Crippen molar-refractivity contribution in [1.29, 1.82) is 0 Å². The van der Waals surface area contributed by atoms with Gasteiger partial charge in [0.1, 0.15) is 11.0 Å². The van der Waals surface area contributed by atoms with E-state index < -0.39 is 0 Å². The Morgan fingerprint density at radius 3 is 1.05 bits per heavy atom. The first-order valence-corrected chi connectivity index (χ1v) is 23.0. The minimum atomic E-state index is 0.837. The van der Waals surface area contributed by atoms with E-state index in [0.29, 0.717) is 0 Å². The SMILES string of the molecule is c1ccc2c(c1)Sc1ccccc1N2c1ccc2c(c1)c1ccccc1n2-c1ccc(-n2c3ccccc3c3cc(N4c5ccccc5Sc5ccccc54)ccc32)c2nccnc12. The van der Waals surface area contributed by atoms with Crippen LogP contribution in [0.5, 0.6) is 0 Å². The molecule has 14 rings (SSSR count). The smallest absolute Gasteiger partial charge is 0.115 e. The summed E-state index contributed by atoms with van der Waals surface area (Å²) in [6.07, 6.45) is 3.63. The lowest BCUT2D eigenvalue weighted by Crippen LogP contribution is -2.14. The molecule has 0 saturated carbocycles. The molecule has 0 unspecified atom stereocenters. The van der Waals surface area contributed by atoms with Crippen LogP contribution in [0.25, 0.3) is 66.0 Å². The highest BCUT2D eigenvalue weighted by Gasteiger charge is 2.28. The van der Waals surface area contributed by atoms with E-state index in [2.05, 4.69) is 213 Å². The van der Waals surface area contributed by atoms with E-state index in [9.17, 15) is 0 Å². The lowest BCUT2D eigenvalue weighted by atomic mass is 10.1. The summed E-state index contributed by atoms with van der Waals surface area (Å²) in [6.45, 7) is 0. The first-order chi connectivity index (χ1) is 31.8. The molecule has 8 heteroatoms. The molecular weight excluding hydrogens is 821 g/mol. The van der Waals surface area contributed by atoms with Gasteiger partial charge in [-0.3, -0.25) is 9.97 Å². The van der Waals surface area contributed by atoms with E-state index in [-0.39, 0.29) is 0 Å². The van der Waals surface area contributed by atoms with Gasteiger partial charge in [0.25, 0.3) is 0 Å². The van der Waals surface area contributed by atoms with Crippen molar-refractivity contribution in [3.8, 4) is 11.4 Å². The quantitative estimate of drug-likeness (QED) is 0.176. The highest BCUT2D eigenvalue weighted by Crippen LogP contribution is 2.53. The molecular formula is C56H34N6S2. The second kappa shape index (κ2) is 13.9. The summed E-state index contributed by atoms with van der Waals surface area (Å²) in [5.74, 6) is 0. The lowest BCUT2D eigenvalue weighted by molar-refractivity contribution is 1.13. The number of nitrogens with zero attached hydrogens (tertiary/aromatic N) is 6. The molecule has 300 valence electrons. The molecule has 6 nitrogen and oxygen atoms in total. The van der Waals surface area contributed by atoms with Crippen LogP contribution in [0.3, 0.4) is 0 Å². The van der Waals surface area contributed by atoms with E-state index in [1.54, 1.807) is 0 Å². The third-order valence-corrected chi connectivity index (χ3v) is 15.0. The second-order valence-electron chi connectivity index (χ2n) is 16.2. The minimum Gasteiger partial charge on any atom is -0.308 e. The first kappa shape index (κ1) is 35.8. The van der Waals surface area contributed by atoms with Gasteiger partial charge in [-0.1, -0.05) is 108 Å². The van der Waals surface area contributed by atoms with E-state index >= 15 is 0 Å². The summed E-state index contributed by atoms with van der Waals surface area (Å²) in [5, 5.41) is 4.73. The van der Waals surface area contributed by atoms with Crippen molar-refractivity contribution in [2.75, 3.05) is 9.80 Å². The Morgan fingerprint density at radius 2 is 0.641 bits per heavy atom. The van der Waals surface area contributed by atoms with Crippen molar-refractivity contribution < 1.29 is 0 Å². The van der Waals surface area contributed by atoms with Crippen molar-refractivity contribution in [1.82, 2.24) is 19.1 Å². The maximum absolute atomic E-state index is 5.12. The van der Waals surface area contributed by atoms with E-state index in [4.69, 9.17) is 9.97 Å². The maximum Gasteiger partial charge on any atom is 0.115 e. The van der Waals surface area contributed by atoms with Crippen molar-refractivity contribution in [3.05, 3.63) is 207 Å². The van der Waals surface area contributed by atoms with E-state index in [1.807, 2.05) is 35.9 Å². The zero-order valence-corrected chi connectivity index (χ0v) is 35.8. The largest absolute Gasteiger partial charge is 0.308 e. The second-order valence-corrected chi connectivity index (χ2v) is 18.4. The maximum atomic E-state index is 5.12. The third-order valence-electron chi connectivity index (χ3n) is 12.8. The molecule has 0 N–H and O–H groups in total. The van der Waals surface area contributed by atoms with Gasteiger partial charge in [-0.25, -0.2) is 0 Å². The van der Waals surface area contributed by atoms with Crippen LogP contribution in [0.1, 0.15) is 0 Å². The summed E-state index contributed by atoms with van der Waals surface area (Å²) in [7, 11) is 0. The van der Waals surface area contributed by atoms with Gasteiger partial charge in [0, 0.05) is 64.9 Å². The zero-order valence-electron chi connectivity index (χ0n) is 34.1. The summed E-state index contributed by atoms with van der Waals surface area (Å²) in [4.78, 5) is 20.0. The normalized spacial score (nSPS) is 13.1. The molecule has 3 aromatic heterocycles. The van der Waals surface area contributed by atoms with Crippen LogP contribution in [0.15, 0.2) is 226 Å². The molecule has 0 spiro atoms. The van der Waals surface area contributed by atoms with Crippen LogP contribution in [-0.4, -0.2) is 19.1 Å². The van der Waals surface area contributed by atoms with Crippen LogP contribution in [0.4, 0.5) is 34.1 Å². The molecule has 0 amide bonds.